The van der Waals surface area contributed by atoms with Gasteiger partial charge in [0.2, 0.25) is 0 Å². The van der Waals surface area contributed by atoms with E-state index >= 15 is 0 Å². The van der Waals surface area contributed by atoms with Gasteiger partial charge in [-0.05, 0) is 49.2 Å². The number of pyridine rings is 1. The number of hydrogen-bond donors (Lipinski definition) is 1. The summed E-state index contributed by atoms with van der Waals surface area (Å²) in [6, 6.07) is 13.7. The fourth-order valence-electron chi connectivity index (χ4n) is 3.97. The molecule has 1 aromatic carbocycles. The molecule has 1 aliphatic heterocycles. The molecule has 1 atom stereocenters. The smallest absolute Gasteiger partial charge is 0.251 e. The third-order valence-corrected chi connectivity index (χ3v) is 5.52. The Morgan fingerprint density at radius 2 is 2.03 bits per heavy atom. The molecule has 2 aromatic heterocycles. The zero-order valence-electron chi connectivity index (χ0n) is 17.8. The van der Waals surface area contributed by atoms with Crippen molar-refractivity contribution >= 4 is 0 Å². The molecule has 7 nitrogen and oxygen atoms in total. The van der Waals surface area contributed by atoms with Crippen LogP contribution >= 0.6 is 0 Å². The molecule has 0 bridgehead atoms. The Bertz CT molecular complexity index is 1020. The molecule has 3 heterocycles. The summed E-state index contributed by atoms with van der Waals surface area (Å²) in [6.45, 7) is 2.90. The Morgan fingerprint density at radius 3 is 2.81 bits per heavy atom. The van der Waals surface area contributed by atoms with Gasteiger partial charge < -0.3 is 14.5 Å². The minimum Gasteiger partial charge on any atom is -0.491 e. The van der Waals surface area contributed by atoms with E-state index in [1.54, 1.807) is 25.6 Å². The van der Waals surface area contributed by atoms with Crippen molar-refractivity contribution in [1.82, 2.24) is 19.9 Å². The number of nitrogens with one attached hydrogen (secondary N) is 1. The predicted molar refractivity (Wildman–Crippen MR) is 119 cm³/mol. The molecule has 1 saturated heterocycles. The molecule has 7 heteroatoms. The van der Waals surface area contributed by atoms with Crippen LogP contribution in [0.25, 0.3) is 11.4 Å². The van der Waals surface area contributed by atoms with Crippen LogP contribution in [-0.4, -0.2) is 46.7 Å². The normalized spacial score (nSPS) is 16.9. The van der Waals surface area contributed by atoms with Gasteiger partial charge in [0.05, 0.1) is 18.3 Å². The maximum atomic E-state index is 12.4. The Morgan fingerprint density at radius 1 is 1.16 bits per heavy atom. The summed E-state index contributed by atoms with van der Waals surface area (Å²) in [5.74, 6) is 1.41. The standard InChI is InChI=1S/C24H28N4O3/c1-30-13-14-31-20-9-7-18(8-10-20)17-28-12-3-2-6-22(28)21-15-23(29)27-24(26-21)19-5-4-11-25-16-19/h4-5,7-11,15-16,22H,2-3,6,12-14,17H2,1H3,(H,26,27,29). The van der Waals surface area contributed by atoms with Gasteiger partial charge in [-0.15, -0.1) is 0 Å². The van der Waals surface area contributed by atoms with Crippen molar-refractivity contribution in [2.45, 2.75) is 31.8 Å². The molecule has 3 aromatic rings. The lowest BCUT2D eigenvalue weighted by Gasteiger charge is -2.35. The topological polar surface area (TPSA) is 80.3 Å². The van der Waals surface area contributed by atoms with Crippen LogP contribution in [0.2, 0.25) is 0 Å². The van der Waals surface area contributed by atoms with Crippen LogP contribution in [0, 0.1) is 0 Å². The first-order valence-electron chi connectivity index (χ1n) is 10.7. The Kier molecular flexibility index (Phi) is 7.07. The van der Waals surface area contributed by atoms with Crippen LogP contribution in [0.1, 0.15) is 36.6 Å². The predicted octanol–water partition coefficient (Wildman–Crippen LogP) is 3.58. The molecule has 0 spiro atoms. The summed E-state index contributed by atoms with van der Waals surface area (Å²) in [4.78, 5) is 26.6. The van der Waals surface area contributed by atoms with Crippen molar-refractivity contribution in [2.24, 2.45) is 0 Å². The molecular formula is C24H28N4O3. The van der Waals surface area contributed by atoms with E-state index in [9.17, 15) is 4.79 Å². The first kappa shape index (κ1) is 21.2. The zero-order chi connectivity index (χ0) is 21.5. The number of rotatable bonds is 8. The molecule has 4 rings (SSSR count). The molecular weight excluding hydrogens is 392 g/mol. The van der Waals surface area contributed by atoms with E-state index in [-0.39, 0.29) is 11.6 Å². The van der Waals surface area contributed by atoms with E-state index in [4.69, 9.17) is 14.5 Å². The van der Waals surface area contributed by atoms with Crippen molar-refractivity contribution in [2.75, 3.05) is 26.9 Å². The Balaban J connectivity index is 1.52. The summed E-state index contributed by atoms with van der Waals surface area (Å²) in [5, 5.41) is 0. The quantitative estimate of drug-likeness (QED) is 0.561. The van der Waals surface area contributed by atoms with Crippen LogP contribution in [0.4, 0.5) is 0 Å². The fourth-order valence-corrected chi connectivity index (χ4v) is 3.97. The van der Waals surface area contributed by atoms with E-state index in [0.29, 0.717) is 19.0 Å². The lowest BCUT2D eigenvalue weighted by atomic mass is 9.98. The lowest BCUT2D eigenvalue weighted by Crippen LogP contribution is -2.34. The number of benzene rings is 1. The number of nitrogens with zero attached hydrogens (tertiary/aromatic N) is 3. The first-order chi connectivity index (χ1) is 15.2. The van der Waals surface area contributed by atoms with Gasteiger partial charge in [-0.2, -0.15) is 0 Å². The van der Waals surface area contributed by atoms with Crippen LogP contribution in [-0.2, 0) is 11.3 Å². The van der Waals surface area contributed by atoms with Crippen LogP contribution in [0.5, 0.6) is 5.75 Å². The SMILES string of the molecule is COCCOc1ccc(CN2CCCCC2c2cc(=O)[nH]c(-c3cccnc3)n2)cc1. The molecule has 0 amide bonds. The van der Waals surface area contributed by atoms with Gasteiger partial charge in [0.25, 0.3) is 5.56 Å². The number of ether oxygens (including phenoxy) is 2. The Hall–Kier alpha value is -3.03. The van der Waals surface area contributed by atoms with E-state index < -0.39 is 0 Å². The van der Waals surface area contributed by atoms with Gasteiger partial charge in [0.15, 0.2) is 0 Å². The number of methoxy groups -OCH3 is 1. The number of aromatic nitrogens is 3. The van der Waals surface area contributed by atoms with Crippen molar-refractivity contribution < 1.29 is 9.47 Å². The number of aromatic amines is 1. The van der Waals surface area contributed by atoms with E-state index in [0.717, 1.165) is 49.4 Å². The van der Waals surface area contributed by atoms with Crippen LogP contribution in [0.3, 0.4) is 0 Å². The largest absolute Gasteiger partial charge is 0.491 e. The summed E-state index contributed by atoms with van der Waals surface area (Å²) < 4.78 is 10.7. The molecule has 1 unspecified atom stereocenters. The minimum atomic E-state index is -0.132. The lowest BCUT2D eigenvalue weighted by molar-refractivity contribution is 0.137. The fraction of sp³-hybridized carbons (Fsp3) is 0.375. The second-order valence-electron chi connectivity index (χ2n) is 7.73. The third-order valence-electron chi connectivity index (χ3n) is 5.52. The minimum absolute atomic E-state index is 0.115. The maximum Gasteiger partial charge on any atom is 0.251 e. The van der Waals surface area contributed by atoms with Gasteiger partial charge in [-0.1, -0.05) is 18.6 Å². The van der Waals surface area contributed by atoms with Crippen LogP contribution in [0.15, 0.2) is 59.7 Å². The summed E-state index contributed by atoms with van der Waals surface area (Å²) in [5.41, 5.74) is 2.71. The van der Waals surface area contributed by atoms with Crippen LogP contribution < -0.4 is 10.3 Å². The van der Waals surface area contributed by atoms with Crippen molar-refractivity contribution in [1.29, 1.82) is 0 Å². The summed E-state index contributed by atoms with van der Waals surface area (Å²) >= 11 is 0. The zero-order valence-corrected chi connectivity index (χ0v) is 17.8. The van der Waals surface area contributed by atoms with E-state index in [2.05, 4.69) is 27.0 Å². The highest BCUT2D eigenvalue weighted by atomic mass is 16.5. The molecule has 31 heavy (non-hydrogen) atoms. The van der Waals surface area contributed by atoms with Gasteiger partial charge in [0.1, 0.15) is 18.2 Å². The molecule has 162 valence electrons. The highest BCUT2D eigenvalue weighted by Crippen LogP contribution is 2.31. The van der Waals surface area contributed by atoms with Crippen molar-refractivity contribution in [3.05, 3.63) is 76.5 Å². The second-order valence-corrected chi connectivity index (χ2v) is 7.73. The number of piperidine rings is 1. The highest BCUT2D eigenvalue weighted by Gasteiger charge is 2.26. The average Bonchev–Trinajstić information content (AvgIpc) is 2.81. The van der Waals surface area contributed by atoms with Gasteiger partial charge >= 0.3 is 0 Å². The van der Waals surface area contributed by atoms with Gasteiger partial charge in [-0.3, -0.25) is 14.7 Å². The Labute approximate surface area is 182 Å². The van der Waals surface area contributed by atoms with Gasteiger partial charge in [-0.25, -0.2) is 4.98 Å². The van der Waals surface area contributed by atoms with Crippen molar-refractivity contribution in [3.63, 3.8) is 0 Å². The molecule has 0 radical (unpaired) electrons. The summed E-state index contributed by atoms with van der Waals surface area (Å²) in [6.07, 6.45) is 6.69. The average molecular weight is 421 g/mol. The second kappa shape index (κ2) is 10.3. The molecule has 1 aliphatic rings. The number of likely N-dealkylation sites (tertiary alicyclic amines) is 1. The molecule has 0 aliphatic carbocycles. The van der Waals surface area contributed by atoms with E-state index in [1.807, 2.05) is 24.3 Å². The highest BCUT2D eigenvalue weighted by molar-refractivity contribution is 5.52. The molecule has 1 N–H and O–H groups in total. The van der Waals surface area contributed by atoms with Crippen molar-refractivity contribution in [3.8, 4) is 17.1 Å². The van der Waals surface area contributed by atoms with E-state index in [1.165, 1.54) is 5.56 Å². The third kappa shape index (κ3) is 5.57. The maximum absolute atomic E-state index is 12.4. The van der Waals surface area contributed by atoms with Gasteiger partial charge in [0, 0.05) is 37.7 Å². The summed E-state index contributed by atoms with van der Waals surface area (Å²) in [7, 11) is 1.66. The number of hydrogen-bond acceptors (Lipinski definition) is 6. The monoisotopic (exact) mass is 420 g/mol. The first-order valence-corrected chi connectivity index (χ1v) is 10.7. The number of H-pyrrole nitrogens is 1. The molecule has 0 saturated carbocycles. The molecule has 1 fully saturated rings.